The predicted octanol–water partition coefficient (Wildman–Crippen LogP) is 2.47. The highest BCUT2D eigenvalue weighted by Gasteiger charge is 2.27. The second kappa shape index (κ2) is 7.69. The number of carbonyl (C=O) groups is 1. The molecule has 1 aliphatic rings. The van der Waals surface area contributed by atoms with E-state index < -0.39 is 5.82 Å². The van der Waals surface area contributed by atoms with Crippen LogP contribution in [-0.2, 0) is 9.53 Å². The number of fused-ring (bicyclic) bond motifs is 1. The van der Waals surface area contributed by atoms with Gasteiger partial charge in [-0.1, -0.05) is 11.6 Å². The van der Waals surface area contributed by atoms with Crippen LogP contribution in [0, 0.1) is 5.82 Å². The number of aromatic amines is 1. The van der Waals surface area contributed by atoms with Crippen LogP contribution >= 0.6 is 11.6 Å². The number of hydrogen-bond acceptors (Lipinski definition) is 6. The lowest BCUT2D eigenvalue weighted by atomic mass is 10.2. The van der Waals surface area contributed by atoms with Gasteiger partial charge in [-0.2, -0.15) is 0 Å². The van der Waals surface area contributed by atoms with E-state index in [0.717, 1.165) is 11.6 Å². The molecule has 1 aliphatic heterocycles. The summed E-state index contributed by atoms with van der Waals surface area (Å²) in [6.45, 7) is 1.09. The summed E-state index contributed by atoms with van der Waals surface area (Å²) < 4.78 is 19.2. The van der Waals surface area contributed by atoms with Gasteiger partial charge in [-0.15, -0.1) is 0 Å². The molecule has 3 aromatic rings. The van der Waals surface area contributed by atoms with E-state index in [2.05, 4.69) is 25.3 Å². The van der Waals surface area contributed by atoms with Crippen molar-refractivity contribution in [2.75, 3.05) is 32.1 Å². The lowest BCUT2D eigenvalue weighted by molar-refractivity contribution is -0.134. The SMILES string of the molecule is COCC(=O)N1CCC(Nc2nc(-c3c[nH]c4ncc(Cl)cc34)ncc2F)C1. The fourth-order valence-electron chi connectivity index (χ4n) is 3.27. The molecular weight excluding hydrogens is 387 g/mol. The second-order valence-corrected chi connectivity index (χ2v) is 6.98. The Morgan fingerprint density at radius 3 is 3.14 bits per heavy atom. The summed E-state index contributed by atoms with van der Waals surface area (Å²) in [6.07, 6.45) is 5.08. The monoisotopic (exact) mass is 404 g/mol. The number of likely N-dealkylation sites (tertiary alicyclic amines) is 1. The Bertz CT molecular complexity index is 1030. The van der Waals surface area contributed by atoms with E-state index in [1.54, 1.807) is 23.4 Å². The topological polar surface area (TPSA) is 96.0 Å². The molecule has 10 heteroatoms. The molecule has 0 aromatic carbocycles. The third-order valence-corrected chi connectivity index (χ3v) is 4.84. The number of nitrogens with zero attached hydrogens (tertiary/aromatic N) is 4. The van der Waals surface area contributed by atoms with E-state index >= 15 is 0 Å². The van der Waals surface area contributed by atoms with Gasteiger partial charge in [-0.05, 0) is 12.5 Å². The molecule has 146 valence electrons. The number of ether oxygens (including phenoxy) is 1. The maximum absolute atomic E-state index is 14.3. The van der Waals surface area contributed by atoms with Crippen LogP contribution < -0.4 is 5.32 Å². The maximum atomic E-state index is 14.3. The number of anilines is 1. The molecule has 1 atom stereocenters. The largest absolute Gasteiger partial charge is 0.375 e. The molecule has 1 fully saturated rings. The fraction of sp³-hybridized carbons (Fsp3) is 0.333. The minimum atomic E-state index is -0.554. The van der Waals surface area contributed by atoms with E-state index in [1.165, 1.54) is 7.11 Å². The van der Waals surface area contributed by atoms with Crippen molar-refractivity contribution in [3.05, 3.63) is 35.5 Å². The highest BCUT2D eigenvalue weighted by atomic mass is 35.5. The van der Waals surface area contributed by atoms with Crippen LogP contribution in [0.3, 0.4) is 0 Å². The van der Waals surface area contributed by atoms with Crippen molar-refractivity contribution in [2.24, 2.45) is 0 Å². The molecular formula is C18H18ClFN6O2. The van der Waals surface area contributed by atoms with Crippen LogP contribution in [0.25, 0.3) is 22.4 Å². The van der Waals surface area contributed by atoms with E-state index in [0.29, 0.717) is 41.6 Å². The number of amides is 1. The van der Waals surface area contributed by atoms with Gasteiger partial charge in [0.25, 0.3) is 0 Å². The Kier molecular flexibility index (Phi) is 5.10. The van der Waals surface area contributed by atoms with Crippen LogP contribution in [0.5, 0.6) is 0 Å². The first kappa shape index (κ1) is 18.6. The molecule has 0 spiro atoms. The highest BCUT2D eigenvalue weighted by Crippen LogP contribution is 2.28. The molecule has 3 aromatic heterocycles. The summed E-state index contributed by atoms with van der Waals surface area (Å²) in [5.41, 5.74) is 1.32. The third kappa shape index (κ3) is 3.63. The molecule has 0 saturated carbocycles. The van der Waals surface area contributed by atoms with E-state index in [-0.39, 0.29) is 24.4 Å². The van der Waals surface area contributed by atoms with Crippen molar-refractivity contribution in [2.45, 2.75) is 12.5 Å². The van der Waals surface area contributed by atoms with E-state index in [1.807, 2.05) is 0 Å². The Labute approximate surface area is 165 Å². The normalized spacial score (nSPS) is 16.7. The summed E-state index contributed by atoms with van der Waals surface area (Å²) in [5.74, 6) is -0.190. The standard InChI is InChI=1S/C18H18ClFN6O2/c1-28-9-15(27)26-3-2-11(8-26)24-18-14(20)7-23-17(25-18)13-6-22-16-12(13)4-10(19)5-21-16/h4-7,11H,2-3,8-9H2,1H3,(H,21,22)(H,23,24,25). The van der Waals surface area contributed by atoms with Gasteiger partial charge in [-0.25, -0.2) is 19.3 Å². The molecule has 1 saturated heterocycles. The zero-order valence-corrected chi connectivity index (χ0v) is 15.8. The zero-order chi connectivity index (χ0) is 19.7. The first-order valence-corrected chi connectivity index (χ1v) is 9.11. The molecule has 0 bridgehead atoms. The number of H-pyrrole nitrogens is 1. The number of carbonyl (C=O) groups excluding carboxylic acids is 1. The quantitative estimate of drug-likeness (QED) is 0.678. The van der Waals surface area contributed by atoms with Gasteiger partial charge in [0.2, 0.25) is 5.91 Å². The molecule has 28 heavy (non-hydrogen) atoms. The van der Waals surface area contributed by atoms with Crippen molar-refractivity contribution < 1.29 is 13.9 Å². The average Bonchev–Trinajstić information content (AvgIpc) is 3.30. The van der Waals surface area contributed by atoms with Gasteiger partial charge >= 0.3 is 0 Å². The van der Waals surface area contributed by atoms with Crippen molar-refractivity contribution in [1.82, 2.24) is 24.8 Å². The minimum absolute atomic E-state index is 0.0376. The molecule has 0 radical (unpaired) electrons. The van der Waals surface area contributed by atoms with Crippen molar-refractivity contribution in [3.8, 4) is 11.4 Å². The van der Waals surface area contributed by atoms with Gasteiger partial charge in [0.05, 0.1) is 11.2 Å². The number of aromatic nitrogens is 4. The summed E-state index contributed by atoms with van der Waals surface area (Å²) in [7, 11) is 1.48. The average molecular weight is 405 g/mol. The Hall–Kier alpha value is -2.78. The first-order valence-electron chi connectivity index (χ1n) is 8.74. The summed E-state index contributed by atoms with van der Waals surface area (Å²) >= 11 is 6.04. The maximum Gasteiger partial charge on any atom is 0.248 e. The van der Waals surface area contributed by atoms with Crippen LogP contribution in [0.4, 0.5) is 10.2 Å². The first-order chi connectivity index (χ1) is 13.5. The molecule has 8 nitrogen and oxygen atoms in total. The van der Waals surface area contributed by atoms with Crippen LogP contribution in [0.2, 0.25) is 5.02 Å². The number of hydrogen-bond donors (Lipinski definition) is 2. The van der Waals surface area contributed by atoms with Crippen LogP contribution in [-0.4, -0.2) is 63.6 Å². The van der Waals surface area contributed by atoms with Crippen LogP contribution in [0.15, 0.2) is 24.7 Å². The highest BCUT2D eigenvalue weighted by molar-refractivity contribution is 6.31. The lowest BCUT2D eigenvalue weighted by Gasteiger charge is -2.17. The lowest BCUT2D eigenvalue weighted by Crippen LogP contribution is -2.34. The minimum Gasteiger partial charge on any atom is -0.375 e. The second-order valence-electron chi connectivity index (χ2n) is 6.54. The van der Waals surface area contributed by atoms with Crippen molar-refractivity contribution >= 4 is 34.4 Å². The van der Waals surface area contributed by atoms with Crippen molar-refractivity contribution in [1.29, 1.82) is 0 Å². The van der Waals surface area contributed by atoms with E-state index in [4.69, 9.17) is 16.3 Å². The molecule has 1 unspecified atom stereocenters. The van der Waals surface area contributed by atoms with Gasteiger partial charge in [0, 0.05) is 49.6 Å². The molecule has 4 rings (SSSR count). The Morgan fingerprint density at radius 2 is 2.32 bits per heavy atom. The third-order valence-electron chi connectivity index (χ3n) is 4.63. The molecule has 2 N–H and O–H groups in total. The number of nitrogens with one attached hydrogen (secondary N) is 2. The fourth-order valence-corrected chi connectivity index (χ4v) is 3.43. The van der Waals surface area contributed by atoms with Gasteiger partial charge in [0.15, 0.2) is 17.5 Å². The van der Waals surface area contributed by atoms with Gasteiger partial charge < -0.3 is 19.9 Å². The molecule has 0 aliphatic carbocycles. The number of rotatable bonds is 5. The number of methoxy groups -OCH3 is 1. The number of pyridine rings is 1. The Balaban J connectivity index is 1.56. The smallest absolute Gasteiger partial charge is 0.248 e. The van der Waals surface area contributed by atoms with Gasteiger partial charge in [-0.3, -0.25) is 4.79 Å². The van der Waals surface area contributed by atoms with Crippen LogP contribution in [0.1, 0.15) is 6.42 Å². The summed E-state index contributed by atoms with van der Waals surface area (Å²) in [6, 6.07) is 1.66. The summed E-state index contributed by atoms with van der Waals surface area (Å²) in [5, 5.41) is 4.32. The van der Waals surface area contributed by atoms with E-state index in [9.17, 15) is 9.18 Å². The number of halogens is 2. The predicted molar refractivity (Wildman–Crippen MR) is 103 cm³/mol. The van der Waals surface area contributed by atoms with Gasteiger partial charge in [0.1, 0.15) is 12.3 Å². The van der Waals surface area contributed by atoms with Crippen molar-refractivity contribution in [3.63, 3.8) is 0 Å². The zero-order valence-electron chi connectivity index (χ0n) is 15.1. The molecule has 1 amide bonds. The molecule has 4 heterocycles. The summed E-state index contributed by atoms with van der Waals surface area (Å²) in [4.78, 5) is 29.3. The Morgan fingerprint density at radius 1 is 1.46 bits per heavy atom.